The molecule has 116 valence electrons. The maximum atomic E-state index is 12.1. The molecule has 22 heavy (non-hydrogen) atoms. The molecular formula is C15H18N4O3. The predicted octanol–water partition coefficient (Wildman–Crippen LogP) is 1.59. The summed E-state index contributed by atoms with van der Waals surface area (Å²) in [6.45, 7) is 3.87. The average Bonchev–Trinajstić information content (AvgIpc) is 2.85. The Morgan fingerprint density at radius 3 is 2.64 bits per heavy atom. The van der Waals surface area contributed by atoms with Crippen molar-refractivity contribution < 1.29 is 14.3 Å². The summed E-state index contributed by atoms with van der Waals surface area (Å²) in [5, 5.41) is 4.31. The van der Waals surface area contributed by atoms with Gasteiger partial charge in [0, 0.05) is 13.1 Å². The molecule has 2 N–H and O–H groups in total. The van der Waals surface area contributed by atoms with Crippen LogP contribution >= 0.6 is 0 Å². The van der Waals surface area contributed by atoms with Crippen molar-refractivity contribution in [3.8, 4) is 11.6 Å². The second-order valence-electron chi connectivity index (χ2n) is 5.03. The van der Waals surface area contributed by atoms with Crippen molar-refractivity contribution in [1.82, 2.24) is 14.7 Å². The van der Waals surface area contributed by atoms with Crippen molar-refractivity contribution in [2.45, 2.75) is 6.92 Å². The number of hydrogen-bond acceptors (Lipinski definition) is 5. The smallest absolute Gasteiger partial charge is 0.389 e. The highest BCUT2D eigenvalue weighted by molar-refractivity contribution is 5.71. The molecule has 1 fully saturated rings. The highest BCUT2D eigenvalue weighted by Crippen LogP contribution is 2.26. The van der Waals surface area contributed by atoms with Gasteiger partial charge in [0.2, 0.25) is 5.88 Å². The first kappa shape index (κ1) is 14.4. The van der Waals surface area contributed by atoms with Crippen molar-refractivity contribution in [2.75, 3.05) is 32.0 Å². The number of rotatable bonds is 2. The maximum absolute atomic E-state index is 12.1. The van der Waals surface area contributed by atoms with E-state index in [2.05, 4.69) is 5.10 Å². The Balaban J connectivity index is 1.81. The Bertz CT molecular complexity index is 663. The van der Waals surface area contributed by atoms with Crippen LogP contribution in [0.2, 0.25) is 0 Å². The minimum Gasteiger partial charge on any atom is -0.389 e. The third kappa shape index (κ3) is 2.75. The molecule has 0 aliphatic carbocycles. The van der Waals surface area contributed by atoms with Crippen LogP contribution in [0.15, 0.2) is 30.3 Å². The summed E-state index contributed by atoms with van der Waals surface area (Å²) in [6.07, 6.45) is -0.427. The molecule has 1 aromatic heterocycles. The monoisotopic (exact) mass is 302 g/mol. The van der Waals surface area contributed by atoms with Gasteiger partial charge in [0.1, 0.15) is 5.82 Å². The second-order valence-corrected chi connectivity index (χ2v) is 5.03. The molecule has 0 saturated carbocycles. The summed E-state index contributed by atoms with van der Waals surface area (Å²) in [7, 11) is 0. The van der Waals surface area contributed by atoms with Crippen LogP contribution in [-0.4, -0.2) is 47.1 Å². The molecule has 7 nitrogen and oxygen atoms in total. The van der Waals surface area contributed by atoms with E-state index in [1.807, 2.05) is 30.3 Å². The van der Waals surface area contributed by atoms with Crippen molar-refractivity contribution in [1.29, 1.82) is 0 Å². The van der Waals surface area contributed by atoms with E-state index in [1.165, 1.54) is 0 Å². The fourth-order valence-corrected chi connectivity index (χ4v) is 2.24. The van der Waals surface area contributed by atoms with Gasteiger partial charge in [-0.15, -0.1) is 5.10 Å². The molecule has 1 aliphatic rings. The number of carbonyl (C=O) groups excluding carboxylic acids is 1. The van der Waals surface area contributed by atoms with Gasteiger partial charge in [0.05, 0.1) is 24.5 Å². The maximum Gasteiger partial charge on any atom is 0.416 e. The van der Waals surface area contributed by atoms with E-state index in [9.17, 15) is 4.79 Å². The Morgan fingerprint density at radius 2 is 1.95 bits per heavy atom. The van der Waals surface area contributed by atoms with Crippen molar-refractivity contribution in [3.05, 3.63) is 35.9 Å². The number of para-hydroxylation sites is 1. The highest BCUT2D eigenvalue weighted by atomic mass is 16.6. The number of carbonyl (C=O) groups is 1. The van der Waals surface area contributed by atoms with Crippen molar-refractivity contribution in [2.24, 2.45) is 0 Å². The summed E-state index contributed by atoms with van der Waals surface area (Å²) >= 11 is 0. The normalized spacial score (nSPS) is 14.9. The standard InChI is InChI=1S/C15H18N4O3/c1-11-13(16)19(12-5-3-2-4-6-12)17-14(11)22-15(20)18-7-9-21-10-8-18/h2-6H,7-10,16H2,1H3. The minimum atomic E-state index is -0.427. The predicted molar refractivity (Wildman–Crippen MR) is 81.1 cm³/mol. The van der Waals surface area contributed by atoms with Gasteiger partial charge in [-0.2, -0.15) is 0 Å². The van der Waals surface area contributed by atoms with E-state index in [-0.39, 0.29) is 5.88 Å². The molecule has 1 aliphatic heterocycles. The number of nitrogens with zero attached hydrogens (tertiary/aromatic N) is 3. The number of nitrogens with two attached hydrogens (primary N) is 1. The molecule has 3 rings (SSSR count). The number of aromatic nitrogens is 2. The van der Waals surface area contributed by atoms with Crippen molar-refractivity contribution >= 4 is 11.9 Å². The number of anilines is 1. The zero-order valence-corrected chi connectivity index (χ0v) is 12.4. The van der Waals surface area contributed by atoms with Gasteiger partial charge in [0.25, 0.3) is 0 Å². The topological polar surface area (TPSA) is 82.6 Å². The molecule has 2 heterocycles. The molecule has 1 saturated heterocycles. The Labute approximate surface area is 128 Å². The lowest BCUT2D eigenvalue weighted by atomic mass is 10.3. The second kappa shape index (κ2) is 6.07. The van der Waals surface area contributed by atoms with Gasteiger partial charge in [-0.1, -0.05) is 18.2 Å². The SMILES string of the molecule is Cc1c(OC(=O)N2CCOCC2)nn(-c2ccccc2)c1N. The lowest BCUT2D eigenvalue weighted by molar-refractivity contribution is 0.0411. The summed E-state index contributed by atoms with van der Waals surface area (Å²) in [4.78, 5) is 13.7. The molecule has 0 atom stereocenters. The van der Waals surface area contributed by atoms with E-state index >= 15 is 0 Å². The van der Waals surface area contributed by atoms with Crippen LogP contribution in [0, 0.1) is 6.92 Å². The molecule has 2 aromatic rings. The zero-order valence-electron chi connectivity index (χ0n) is 12.4. The van der Waals surface area contributed by atoms with Gasteiger partial charge < -0.3 is 20.1 Å². The number of benzene rings is 1. The molecule has 0 radical (unpaired) electrons. The van der Waals surface area contributed by atoms with E-state index in [0.29, 0.717) is 37.7 Å². The first-order valence-electron chi connectivity index (χ1n) is 7.12. The zero-order chi connectivity index (χ0) is 15.5. The fourth-order valence-electron chi connectivity index (χ4n) is 2.24. The lowest BCUT2D eigenvalue weighted by Crippen LogP contribution is -2.42. The van der Waals surface area contributed by atoms with Crippen LogP contribution in [-0.2, 0) is 4.74 Å². The number of amides is 1. The summed E-state index contributed by atoms with van der Waals surface area (Å²) in [6, 6.07) is 9.47. The fraction of sp³-hybridized carbons (Fsp3) is 0.333. The van der Waals surface area contributed by atoms with Crippen LogP contribution in [0.1, 0.15) is 5.56 Å². The lowest BCUT2D eigenvalue weighted by Gasteiger charge is -2.25. The van der Waals surface area contributed by atoms with E-state index in [0.717, 1.165) is 5.69 Å². The van der Waals surface area contributed by atoms with Crippen molar-refractivity contribution in [3.63, 3.8) is 0 Å². The first-order valence-corrected chi connectivity index (χ1v) is 7.12. The Hall–Kier alpha value is -2.54. The van der Waals surface area contributed by atoms with Crippen LogP contribution in [0.25, 0.3) is 5.69 Å². The first-order chi connectivity index (χ1) is 10.7. The van der Waals surface area contributed by atoms with Gasteiger partial charge in [0.15, 0.2) is 0 Å². The Kier molecular flexibility index (Phi) is 3.97. The number of ether oxygens (including phenoxy) is 2. The van der Waals surface area contributed by atoms with Crippen LogP contribution in [0.3, 0.4) is 0 Å². The molecule has 0 unspecified atom stereocenters. The third-order valence-electron chi connectivity index (χ3n) is 3.58. The largest absolute Gasteiger partial charge is 0.416 e. The quantitative estimate of drug-likeness (QED) is 0.911. The van der Waals surface area contributed by atoms with Crippen LogP contribution < -0.4 is 10.5 Å². The summed E-state index contributed by atoms with van der Waals surface area (Å²) in [5.41, 5.74) is 7.53. The Morgan fingerprint density at radius 1 is 1.27 bits per heavy atom. The molecule has 0 bridgehead atoms. The third-order valence-corrected chi connectivity index (χ3v) is 3.58. The summed E-state index contributed by atoms with van der Waals surface area (Å²) < 4.78 is 12.2. The minimum absolute atomic E-state index is 0.234. The molecule has 7 heteroatoms. The van der Waals surface area contributed by atoms with Gasteiger partial charge in [-0.25, -0.2) is 9.48 Å². The molecule has 0 spiro atoms. The number of nitrogen functional groups attached to an aromatic ring is 1. The summed E-state index contributed by atoms with van der Waals surface area (Å²) in [5.74, 6) is 0.689. The highest BCUT2D eigenvalue weighted by Gasteiger charge is 2.22. The molecule has 1 amide bonds. The number of morpholine rings is 1. The number of hydrogen-bond donors (Lipinski definition) is 1. The average molecular weight is 302 g/mol. The molecule has 1 aromatic carbocycles. The van der Waals surface area contributed by atoms with E-state index in [1.54, 1.807) is 16.5 Å². The van der Waals surface area contributed by atoms with E-state index < -0.39 is 6.09 Å². The van der Waals surface area contributed by atoms with Gasteiger partial charge in [-0.05, 0) is 19.1 Å². The van der Waals surface area contributed by atoms with E-state index in [4.69, 9.17) is 15.2 Å². The van der Waals surface area contributed by atoms with Crippen LogP contribution in [0.4, 0.5) is 10.6 Å². The van der Waals surface area contributed by atoms with Gasteiger partial charge >= 0.3 is 6.09 Å². The molecular weight excluding hydrogens is 284 g/mol. The van der Waals surface area contributed by atoms with Gasteiger partial charge in [-0.3, -0.25) is 0 Å². The van der Waals surface area contributed by atoms with Crippen LogP contribution in [0.5, 0.6) is 5.88 Å².